The summed E-state index contributed by atoms with van der Waals surface area (Å²) in [5, 5.41) is 3.05. The topological polar surface area (TPSA) is 69.6 Å². The first-order valence-electron chi connectivity index (χ1n) is 4.17. The highest BCUT2D eigenvalue weighted by molar-refractivity contribution is 7.87. The fourth-order valence-electron chi connectivity index (χ4n) is 1.49. The van der Waals surface area contributed by atoms with Gasteiger partial charge in [-0.3, -0.25) is 4.55 Å². The molecule has 7 heteroatoms. The Morgan fingerprint density at radius 2 is 2.00 bits per heavy atom. The number of nitrogens with zero attached hydrogens (tertiary/aromatic N) is 1. The summed E-state index contributed by atoms with van der Waals surface area (Å²) in [6.45, 7) is 0.743. The van der Waals surface area contributed by atoms with Crippen LogP contribution in [0.5, 0.6) is 0 Å². The molecule has 0 unspecified atom stereocenters. The number of halogens is 1. The molecular weight excluding hydrogens is 240 g/mol. The predicted molar refractivity (Wildman–Crippen MR) is 61.1 cm³/mol. The van der Waals surface area contributed by atoms with Crippen molar-refractivity contribution in [1.29, 1.82) is 0 Å². The Kier molecular flexibility index (Phi) is 3.43. The van der Waals surface area contributed by atoms with Crippen LogP contribution in [0.1, 0.15) is 0 Å². The molecule has 1 aliphatic heterocycles. The van der Waals surface area contributed by atoms with Crippen molar-refractivity contribution < 1.29 is 13.0 Å². The van der Waals surface area contributed by atoms with Crippen molar-refractivity contribution in [2.24, 2.45) is 0 Å². The van der Waals surface area contributed by atoms with Gasteiger partial charge in [0.25, 0.3) is 0 Å². The maximum Gasteiger partial charge on any atom is 0.360 e. The van der Waals surface area contributed by atoms with Gasteiger partial charge >= 0.3 is 10.3 Å². The number of hydrogen-bond donors (Lipinski definition) is 2. The Balaban J connectivity index is 0.00000112. The zero-order valence-electron chi connectivity index (χ0n) is 7.75. The van der Waals surface area contributed by atoms with Crippen LogP contribution >= 0.6 is 12.4 Å². The number of para-hydroxylation sites is 2. The van der Waals surface area contributed by atoms with Crippen molar-refractivity contribution in [2.45, 2.75) is 0 Å². The van der Waals surface area contributed by atoms with Gasteiger partial charge in [-0.25, -0.2) is 4.31 Å². The molecule has 0 fully saturated rings. The monoisotopic (exact) mass is 250 g/mol. The van der Waals surface area contributed by atoms with Crippen molar-refractivity contribution in [3.63, 3.8) is 0 Å². The van der Waals surface area contributed by atoms with Gasteiger partial charge in [0, 0.05) is 6.54 Å². The van der Waals surface area contributed by atoms with E-state index in [1.807, 2.05) is 0 Å². The molecule has 0 saturated carbocycles. The third-order valence-electron chi connectivity index (χ3n) is 2.08. The fourth-order valence-corrected chi connectivity index (χ4v) is 2.22. The Morgan fingerprint density at radius 3 is 2.67 bits per heavy atom. The van der Waals surface area contributed by atoms with Crippen LogP contribution in [0.25, 0.3) is 0 Å². The molecule has 0 atom stereocenters. The molecule has 1 aromatic rings. The minimum absolute atomic E-state index is 0. The van der Waals surface area contributed by atoms with E-state index in [1.54, 1.807) is 24.3 Å². The highest BCUT2D eigenvalue weighted by Gasteiger charge is 2.24. The lowest BCUT2D eigenvalue weighted by atomic mass is 10.2. The minimum atomic E-state index is -4.15. The summed E-state index contributed by atoms with van der Waals surface area (Å²) in [4.78, 5) is 0. The SMILES string of the molecule is Cl.O=S(=O)(O)N1CCNc2ccccc21. The van der Waals surface area contributed by atoms with Crippen LogP contribution in [0.4, 0.5) is 11.4 Å². The summed E-state index contributed by atoms with van der Waals surface area (Å²) in [6.07, 6.45) is 0. The van der Waals surface area contributed by atoms with Crippen LogP contribution in [0.3, 0.4) is 0 Å². The molecule has 0 aromatic heterocycles. The Hall–Kier alpha value is -0.980. The van der Waals surface area contributed by atoms with E-state index < -0.39 is 10.3 Å². The van der Waals surface area contributed by atoms with Gasteiger partial charge in [0.15, 0.2) is 0 Å². The molecule has 0 bridgehead atoms. The van der Waals surface area contributed by atoms with Crippen LogP contribution in [0, 0.1) is 0 Å². The second-order valence-corrected chi connectivity index (χ2v) is 4.33. The number of anilines is 2. The molecule has 0 spiro atoms. The highest BCUT2D eigenvalue weighted by atomic mass is 35.5. The molecule has 1 aromatic carbocycles. The molecule has 0 radical (unpaired) electrons. The van der Waals surface area contributed by atoms with Crippen LogP contribution in [-0.4, -0.2) is 26.1 Å². The molecule has 2 N–H and O–H groups in total. The van der Waals surface area contributed by atoms with Gasteiger partial charge in [0.2, 0.25) is 0 Å². The molecule has 15 heavy (non-hydrogen) atoms. The summed E-state index contributed by atoms with van der Waals surface area (Å²) in [7, 11) is -4.15. The van der Waals surface area contributed by atoms with E-state index in [-0.39, 0.29) is 19.0 Å². The fraction of sp³-hybridized carbons (Fsp3) is 0.250. The summed E-state index contributed by atoms with van der Waals surface area (Å²) >= 11 is 0. The molecule has 1 aliphatic rings. The van der Waals surface area contributed by atoms with Crippen LogP contribution in [-0.2, 0) is 10.3 Å². The first-order valence-corrected chi connectivity index (χ1v) is 5.57. The lowest BCUT2D eigenvalue weighted by Gasteiger charge is -2.28. The third-order valence-corrected chi connectivity index (χ3v) is 3.02. The van der Waals surface area contributed by atoms with E-state index in [0.29, 0.717) is 12.2 Å². The van der Waals surface area contributed by atoms with Gasteiger partial charge in [0.1, 0.15) is 0 Å². The molecule has 0 aliphatic carbocycles. The Bertz CT molecular complexity index is 449. The number of hydrogen-bond acceptors (Lipinski definition) is 3. The number of fused-ring (bicyclic) bond motifs is 1. The predicted octanol–water partition coefficient (Wildman–Crippen LogP) is 1.14. The van der Waals surface area contributed by atoms with E-state index in [1.165, 1.54) is 0 Å². The van der Waals surface area contributed by atoms with E-state index in [4.69, 9.17) is 4.55 Å². The van der Waals surface area contributed by atoms with E-state index >= 15 is 0 Å². The van der Waals surface area contributed by atoms with E-state index in [9.17, 15) is 8.42 Å². The van der Waals surface area contributed by atoms with Gasteiger partial charge in [-0.05, 0) is 12.1 Å². The number of nitrogens with one attached hydrogen (secondary N) is 1. The number of rotatable bonds is 1. The summed E-state index contributed by atoms with van der Waals surface area (Å²) in [6, 6.07) is 6.95. The largest absolute Gasteiger partial charge is 0.382 e. The van der Waals surface area contributed by atoms with Gasteiger partial charge < -0.3 is 5.32 Å². The minimum Gasteiger partial charge on any atom is -0.382 e. The van der Waals surface area contributed by atoms with Gasteiger partial charge in [-0.2, -0.15) is 8.42 Å². The zero-order chi connectivity index (χ0) is 10.2. The van der Waals surface area contributed by atoms with Crippen molar-refractivity contribution in [1.82, 2.24) is 0 Å². The van der Waals surface area contributed by atoms with E-state index in [2.05, 4.69) is 5.32 Å². The molecule has 84 valence electrons. The maximum absolute atomic E-state index is 11.0. The lowest BCUT2D eigenvalue weighted by molar-refractivity contribution is 0.478. The van der Waals surface area contributed by atoms with E-state index in [0.717, 1.165) is 9.99 Å². The second-order valence-electron chi connectivity index (χ2n) is 2.99. The zero-order valence-corrected chi connectivity index (χ0v) is 9.38. The summed E-state index contributed by atoms with van der Waals surface area (Å²) in [5.74, 6) is 0. The van der Waals surface area contributed by atoms with Crippen molar-refractivity contribution >= 4 is 34.1 Å². The van der Waals surface area contributed by atoms with Gasteiger partial charge in [-0.15, -0.1) is 12.4 Å². The van der Waals surface area contributed by atoms with Crippen molar-refractivity contribution in [2.75, 3.05) is 22.7 Å². The molecule has 5 nitrogen and oxygen atoms in total. The van der Waals surface area contributed by atoms with Gasteiger partial charge in [-0.1, -0.05) is 12.1 Å². The van der Waals surface area contributed by atoms with Crippen LogP contribution < -0.4 is 9.62 Å². The first-order chi connectivity index (χ1) is 6.59. The first kappa shape index (κ1) is 12.1. The normalized spacial score (nSPS) is 14.9. The van der Waals surface area contributed by atoms with Gasteiger partial charge in [0.05, 0.1) is 17.9 Å². The molecule has 0 amide bonds. The highest BCUT2D eigenvalue weighted by Crippen LogP contribution is 2.29. The summed E-state index contributed by atoms with van der Waals surface area (Å²) in [5.41, 5.74) is 1.21. The Labute approximate surface area is 94.4 Å². The molecule has 0 saturated heterocycles. The Morgan fingerprint density at radius 1 is 1.33 bits per heavy atom. The maximum atomic E-state index is 11.0. The summed E-state index contributed by atoms with van der Waals surface area (Å²) < 4.78 is 31.9. The standard InChI is InChI=1S/C8H10N2O3S.ClH/c11-14(12,13)10-6-5-9-7-3-1-2-4-8(7)10;/h1-4,9H,5-6H2,(H,11,12,13);1H. The molecule has 1 heterocycles. The smallest absolute Gasteiger partial charge is 0.360 e. The average Bonchev–Trinajstić information content (AvgIpc) is 2.15. The average molecular weight is 251 g/mol. The van der Waals surface area contributed by atoms with Crippen molar-refractivity contribution in [3.8, 4) is 0 Å². The van der Waals surface area contributed by atoms with Crippen LogP contribution in [0.2, 0.25) is 0 Å². The number of benzene rings is 1. The quantitative estimate of drug-likeness (QED) is 0.734. The molecular formula is C8H11ClN2O3S. The molecule has 2 rings (SSSR count). The van der Waals surface area contributed by atoms with Crippen molar-refractivity contribution in [3.05, 3.63) is 24.3 Å². The van der Waals surface area contributed by atoms with Crippen LogP contribution in [0.15, 0.2) is 24.3 Å². The second kappa shape index (κ2) is 4.26. The lowest BCUT2D eigenvalue weighted by Crippen LogP contribution is -2.38. The third kappa shape index (κ3) is 2.34.